The van der Waals surface area contributed by atoms with E-state index < -0.39 is 8.24 Å². The lowest BCUT2D eigenvalue weighted by atomic mass is 9.89. The van der Waals surface area contributed by atoms with Gasteiger partial charge in [-0.25, -0.2) is 0 Å². The largest absolute Gasteiger partial charge is 0.420 e. The summed E-state index contributed by atoms with van der Waals surface area (Å²) in [7, 11) is -2.65. The molecule has 5 nitrogen and oxygen atoms in total. The molecular formula is C44H28O5P2. The van der Waals surface area contributed by atoms with Crippen LogP contribution in [0.5, 0.6) is 0 Å². The van der Waals surface area contributed by atoms with Gasteiger partial charge in [0.1, 0.15) is 11.2 Å². The lowest BCUT2D eigenvalue weighted by Crippen LogP contribution is -1.89. The van der Waals surface area contributed by atoms with Crippen molar-refractivity contribution < 1.29 is 21.7 Å². The Morgan fingerprint density at radius 3 is 1.47 bits per heavy atom. The van der Waals surface area contributed by atoms with E-state index in [1.807, 2.05) is 84.9 Å². The average molecular weight is 699 g/mol. The minimum atomic E-state index is -2.36. The number of hydrogen-bond acceptors (Lipinski definition) is 5. The highest BCUT2D eigenvalue weighted by molar-refractivity contribution is 7.30. The van der Waals surface area contributed by atoms with Crippen LogP contribution in [0.1, 0.15) is 0 Å². The predicted octanol–water partition coefficient (Wildman–Crippen LogP) is 14.0. The second-order valence-electron chi connectivity index (χ2n) is 12.5. The van der Waals surface area contributed by atoms with E-state index in [1.165, 1.54) is 0 Å². The van der Waals surface area contributed by atoms with Crippen LogP contribution < -0.4 is 0 Å². The van der Waals surface area contributed by atoms with Crippen LogP contribution in [0.15, 0.2) is 175 Å². The summed E-state index contributed by atoms with van der Waals surface area (Å²) in [5.74, 6) is 0. The molecule has 0 saturated heterocycles. The van der Waals surface area contributed by atoms with Gasteiger partial charge in [0.15, 0.2) is 11.2 Å². The summed E-state index contributed by atoms with van der Waals surface area (Å²) in [6.45, 7) is 0. The normalized spacial score (nSPS) is 12.1. The van der Waals surface area contributed by atoms with Gasteiger partial charge in [-0.1, -0.05) is 146 Å². The van der Waals surface area contributed by atoms with Crippen molar-refractivity contribution in [1.29, 1.82) is 0 Å². The van der Waals surface area contributed by atoms with Gasteiger partial charge in [0.25, 0.3) is 0 Å². The summed E-state index contributed by atoms with van der Waals surface area (Å²) in [6, 6.07) is 53.7. The molecule has 0 radical (unpaired) electrons. The molecule has 244 valence electrons. The van der Waals surface area contributed by atoms with E-state index in [1.54, 1.807) is 0 Å². The van der Waals surface area contributed by atoms with E-state index in [2.05, 4.69) is 72.8 Å². The van der Waals surface area contributed by atoms with Crippen molar-refractivity contribution in [2.75, 3.05) is 0 Å². The van der Waals surface area contributed by atoms with Crippen LogP contribution in [0.2, 0.25) is 0 Å². The fourth-order valence-corrected chi connectivity index (χ4v) is 8.81. The maximum atomic E-state index is 11.5. The van der Waals surface area contributed by atoms with Gasteiger partial charge >= 0.3 is 8.24 Å². The number of rotatable bonds is 3. The van der Waals surface area contributed by atoms with Crippen molar-refractivity contribution in [3.05, 3.63) is 158 Å². The standard InChI is InChI=1S/C44H28O5P2/c45-51-48-42-34(28-15-5-2-6-16-28)22-12-24-36(42)38-26-30-18-8-10-20-32(30)40(44(38)49-51)39-31-19-9-7-17-29(31)25-37-35-23-11-21-33(27-13-3-1-4-14-27)41(35)46-50-47-43(37)39/h1-26,45,50H. The Labute approximate surface area is 294 Å². The lowest BCUT2D eigenvalue weighted by molar-refractivity contribution is 0.496. The van der Waals surface area contributed by atoms with E-state index >= 15 is 0 Å². The molecular weight excluding hydrogens is 670 g/mol. The van der Waals surface area contributed by atoms with E-state index in [0.717, 1.165) is 82.1 Å². The molecule has 2 heterocycles. The maximum Gasteiger partial charge on any atom is 0.384 e. The quantitative estimate of drug-likeness (QED) is 0.199. The van der Waals surface area contributed by atoms with E-state index in [4.69, 9.17) is 16.8 Å². The molecule has 0 aliphatic rings. The van der Waals surface area contributed by atoms with E-state index in [0.29, 0.717) is 16.7 Å². The van der Waals surface area contributed by atoms with Crippen molar-refractivity contribution in [1.82, 2.24) is 0 Å². The van der Waals surface area contributed by atoms with E-state index in [-0.39, 0.29) is 8.67 Å². The Kier molecular flexibility index (Phi) is 7.11. The molecule has 0 aliphatic carbocycles. The van der Waals surface area contributed by atoms with Crippen molar-refractivity contribution in [3.8, 4) is 33.4 Å². The fourth-order valence-electron chi connectivity index (χ4n) is 7.43. The summed E-state index contributed by atoms with van der Waals surface area (Å²) >= 11 is 0. The van der Waals surface area contributed by atoms with Crippen LogP contribution in [0, 0.1) is 0 Å². The third kappa shape index (κ3) is 4.90. The molecule has 0 saturated carbocycles. The predicted molar refractivity (Wildman–Crippen MR) is 212 cm³/mol. The highest BCUT2D eigenvalue weighted by Gasteiger charge is 2.23. The highest BCUT2D eigenvalue weighted by atomic mass is 31.1. The van der Waals surface area contributed by atoms with Crippen LogP contribution in [-0.2, 0) is 0 Å². The maximum absolute atomic E-state index is 11.5. The van der Waals surface area contributed by atoms with Crippen LogP contribution in [-0.4, -0.2) is 4.89 Å². The molecule has 0 spiro atoms. The van der Waals surface area contributed by atoms with Gasteiger partial charge in [0.05, 0.1) is 0 Å². The van der Waals surface area contributed by atoms with Gasteiger partial charge in [-0.05, 0) is 44.8 Å². The molecule has 8 aromatic carbocycles. The van der Waals surface area contributed by atoms with Crippen LogP contribution in [0.3, 0.4) is 0 Å². The Hall–Kier alpha value is -5.96. The van der Waals surface area contributed by atoms with Gasteiger partial charge < -0.3 is 16.8 Å². The highest BCUT2D eigenvalue weighted by Crippen LogP contribution is 2.48. The average Bonchev–Trinajstić information content (AvgIpc) is 3.46. The summed E-state index contributed by atoms with van der Waals surface area (Å²) in [5.41, 5.74) is 8.25. The van der Waals surface area contributed by atoms with Gasteiger partial charge in [-0.3, -0.25) is 4.89 Å². The van der Waals surface area contributed by atoms with Gasteiger partial charge in [0, 0.05) is 43.8 Å². The zero-order valence-electron chi connectivity index (χ0n) is 27.0. The van der Waals surface area contributed by atoms with Crippen LogP contribution in [0.4, 0.5) is 0 Å². The van der Waals surface area contributed by atoms with Crippen molar-refractivity contribution in [2.24, 2.45) is 0 Å². The Balaban J connectivity index is 1.41. The first kappa shape index (κ1) is 29.9. The molecule has 0 fully saturated rings. The van der Waals surface area contributed by atoms with Crippen molar-refractivity contribution in [2.45, 2.75) is 0 Å². The minimum Gasteiger partial charge on any atom is -0.420 e. The Bertz CT molecular complexity index is 3040. The first-order valence-corrected chi connectivity index (χ1v) is 18.6. The molecule has 2 aromatic heterocycles. The first-order chi connectivity index (χ1) is 25.2. The van der Waals surface area contributed by atoms with Crippen LogP contribution in [0.25, 0.3) is 98.8 Å². The molecule has 51 heavy (non-hydrogen) atoms. The summed E-state index contributed by atoms with van der Waals surface area (Å²) in [4.78, 5) is 11.5. The molecule has 0 aliphatic heterocycles. The molecule has 2 atom stereocenters. The second-order valence-corrected chi connectivity index (χ2v) is 13.9. The van der Waals surface area contributed by atoms with Gasteiger partial charge in [0.2, 0.25) is 8.67 Å². The summed E-state index contributed by atoms with van der Waals surface area (Å²) < 4.78 is 26.1. The molecule has 2 unspecified atom stereocenters. The zero-order valence-corrected chi connectivity index (χ0v) is 28.9. The third-order valence-electron chi connectivity index (χ3n) is 9.66. The topological polar surface area (TPSA) is 72.8 Å². The molecule has 10 rings (SSSR count). The van der Waals surface area contributed by atoms with Crippen molar-refractivity contribution in [3.63, 3.8) is 0 Å². The van der Waals surface area contributed by atoms with Crippen molar-refractivity contribution >= 4 is 82.3 Å². The fraction of sp³-hybridized carbons (Fsp3) is 0. The number of para-hydroxylation sites is 2. The minimum absolute atomic E-state index is 0.296. The smallest absolute Gasteiger partial charge is 0.384 e. The SMILES string of the molecule is Op1oc2c(-c3ccccc3)cccc2c2cc3ccccc3c(-c3c4ccccc4cc4c3o[pH]oc3c(-c5ccccc5)cccc34)c2o1. The number of hydrogen-bond donors (Lipinski definition) is 1. The van der Waals surface area contributed by atoms with Crippen LogP contribution >= 0.6 is 16.9 Å². The Morgan fingerprint density at radius 1 is 0.392 bits per heavy atom. The first-order valence-electron chi connectivity index (χ1n) is 16.7. The second kappa shape index (κ2) is 12.1. The number of benzene rings is 8. The molecule has 1 N–H and O–H groups in total. The third-order valence-corrected chi connectivity index (χ3v) is 10.9. The van der Waals surface area contributed by atoms with Gasteiger partial charge in [-0.15, -0.1) is 0 Å². The Morgan fingerprint density at radius 2 is 0.843 bits per heavy atom. The van der Waals surface area contributed by atoms with E-state index in [9.17, 15) is 4.89 Å². The molecule has 10 aromatic rings. The lowest BCUT2D eigenvalue weighted by Gasteiger charge is -2.14. The monoisotopic (exact) mass is 698 g/mol. The zero-order chi connectivity index (χ0) is 33.9. The molecule has 0 amide bonds. The summed E-state index contributed by atoms with van der Waals surface area (Å²) in [6.07, 6.45) is 0. The molecule has 7 heteroatoms. The number of fused-ring (bicyclic) bond motifs is 8. The molecule has 0 bridgehead atoms. The summed E-state index contributed by atoms with van der Waals surface area (Å²) in [5, 5.41) is 7.57. The van der Waals surface area contributed by atoms with Gasteiger partial charge in [-0.2, -0.15) is 0 Å².